The van der Waals surface area contributed by atoms with Gasteiger partial charge in [0.1, 0.15) is 15.9 Å². The smallest absolute Gasteiger partial charge is 0.286 e. The number of hydrogen-bond donors (Lipinski definition) is 2. The number of anilines is 1. The molecule has 7 nitrogen and oxygen atoms in total. The minimum Gasteiger partial charge on any atom is -0.331 e. The quantitative estimate of drug-likeness (QED) is 0.562. The number of pyridine rings is 1. The van der Waals surface area contributed by atoms with Crippen molar-refractivity contribution in [1.29, 1.82) is 0 Å². The molecule has 0 spiro atoms. The maximum absolute atomic E-state index is 13.8. The molecule has 0 saturated carbocycles. The fourth-order valence-corrected chi connectivity index (χ4v) is 4.18. The first-order chi connectivity index (χ1) is 15.3. The number of alkyl halides is 2. The molecule has 0 unspecified atom stereocenters. The van der Waals surface area contributed by atoms with E-state index in [2.05, 4.69) is 27.5 Å². The molecule has 32 heavy (non-hydrogen) atoms. The van der Waals surface area contributed by atoms with E-state index in [1.807, 2.05) is 10.8 Å². The Labute approximate surface area is 188 Å². The Kier molecular flexibility index (Phi) is 6.36. The van der Waals surface area contributed by atoms with Crippen molar-refractivity contribution in [2.45, 2.75) is 26.1 Å². The number of imidazole rings is 1. The lowest BCUT2D eigenvalue weighted by Gasteiger charge is -2.13. The minimum atomic E-state index is -2.85. The summed E-state index contributed by atoms with van der Waals surface area (Å²) in [6.07, 6.45) is -0.0480. The summed E-state index contributed by atoms with van der Waals surface area (Å²) >= 11 is 7.16. The Balaban J connectivity index is 1.52. The average molecular weight is 482 g/mol. The number of nitrogens with one attached hydrogen (secondary N) is 2. The van der Waals surface area contributed by atoms with E-state index in [0.717, 1.165) is 42.5 Å². The van der Waals surface area contributed by atoms with E-state index in [9.17, 15) is 22.8 Å². The van der Waals surface area contributed by atoms with Gasteiger partial charge in [0.2, 0.25) is 0 Å². The summed E-state index contributed by atoms with van der Waals surface area (Å²) in [6, 6.07) is 2.24. The zero-order valence-electron chi connectivity index (χ0n) is 16.3. The Bertz CT molecular complexity index is 1280. The van der Waals surface area contributed by atoms with Crippen LogP contribution in [0.15, 0.2) is 29.3 Å². The number of hydrogen-bond acceptors (Lipinski definition) is 5. The highest BCUT2D eigenvalue weighted by Gasteiger charge is 2.16. The molecule has 0 saturated heterocycles. The molecule has 0 radical (unpaired) electrons. The van der Waals surface area contributed by atoms with Crippen LogP contribution < -0.4 is 16.2 Å². The zero-order valence-corrected chi connectivity index (χ0v) is 17.9. The Hall–Kier alpha value is -3.07. The van der Waals surface area contributed by atoms with Crippen LogP contribution in [0, 0.1) is 17.7 Å². The number of aromatic nitrogens is 3. The number of halogens is 4. The maximum atomic E-state index is 13.8. The molecule has 0 aromatic carbocycles. The van der Waals surface area contributed by atoms with Gasteiger partial charge in [0.05, 0.1) is 29.2 Å². The molecule has 0 atom stereocenters. The van der Waals surface area contributed by atoms with Crippen molar-refractivity contribution in [3.63, 3.8) is 0 Å². The fourth-order valence-electron chi connectivity index (χ4n) is 3.09. The van der Waals surface area contributed by atoms with Gasteiger partial charge in [-0.3, -0.25) is 9.59 Å². The molecule has 0 fully saturated rings. The van der Waals surface area contributed by atoms with Crippen molar-refractivity contribution in [2.24, 2.45) is 0 Å². The third-order valence-corrected chi connectivity index (χ3v) is 5.90. The normalized spacial score (nSPS) is 12.9. The van der Waals surface area contributed by atoms with E-state index < -0.39 is 30.3 Å². The maximum Gasteiger partial charge on any atom is 0.286 e. The molecule has 1 aliphatic heterocycles. The Morgan fingerprint density at radius 3 is 2.91 bits per heavy atom. The van der Waals surface area contributed by atoms with Gasteiger partial charge < -0.3 is 19.8 Å². The van der Waals surface area contributed by atoms with Crippen molar-refractivity contribution in [3.05, 3.63) is 67.0 Å². The fraction of sp³-hybridized carbons (Fsp3) is 0.250. The van der Waals surface area contributed by atoms with Gasteiger partial charge in [0, 0.05) is 31.5 Å². The Morgan fingerprint density at radius 2 is 2.16 bits per heavy atom. The number of fused-ring (bicyclic) bond motifs is 1. The zero-order chi connectivity index (χ0) is 22.8. The molecule has 1 amide bonds. The van der Waals surface area contributed by atoms with Crippen LogP contribution in [-0.2, 0) is 19.6 Å². The molecule has 1 aliphatic rings. The van der Waals surface area contributed by atoms with E-state index >= 15 is 0 Å². The lowest BCUT2D eigenvalue weighted by atomic mass is 10.3. The molecule has 166 valence electrons. The second-order valence-electron chi connectivity index (χ2n) is 6.84. The number of carbonyl (C=O) groups is 1. The largest absolute Gasteiger partial charge is 0.331 e. The lowest BCUT2D eigenvalue weighted by molar-refractivity contribution is 0.103. The number of amides is 1. The van der Waals surface area contributed by atoms with Crippen LogP contribution in [0.2, 0.25) is 4.34 Å². The first-order valence-electron chi connectivity index (χ1n) is 9.38. The first kappa shape index (κ1) is 22.1. The molecule has 0 aliphatic carbocycles. The van der Waals surface area contributed by atoms with E-state index in [1.54, 1.807) is 0 Å². The van der Waals surface area contributed by atoms with E-state index in [0.29, 0.717) is 22.4 Å². The molecule has 4 rings (SSSR count). The number of rotatable bonds is 4. The summed E-state index contributed by atoms with van der Waals surface area (Å²) in [6.45, 7) is 1.33. The molecule has 0 bridgehead atoms. The van der Waals surface area contributed by atoms with Crippen LogP contribution in [0.4, 0.5) is 18.9 Å². The van der Waals surface area contributed by atoms with Crippen molar-refractivity contribution in [3.8, 4) is 11.8 Å². The predicted octanol–water partition coefficient (Wildman–Crippen LogP) is 2.92. The lowest BCUT2D eigenvalue weighted by Crippen LogP contribution is -2.27. The topological polar surface area (TPSA) is 81.0 Å². The van der Waals surface area contributed by atoms with Gasteiger partial charge in [-0.2, -0.15) is 0 Å². The van der Waals surface area contributed by atoms with Crippen molar-refractivity contribution in [2.75, 3.05) is 11.9 Å². The summed E-state index contributed by atoms with van der Waals surface area (Å²) < 4.78 is 41.8. The molecule has 3 aromatic heterocycles. The monoisotopic (exact) mass is 481 g/mol. The predicted molar refractivity (Wildman–Crippen MR) is 114 cm³/mol. The highest BCUT2D eigenvalue weighted by Crippen LogP contribution is 2.28. The van der Waals surface area contributed by atoms with Gasteiger partial charge in [-0.25, -0.2) is 18.2 Å². The standard InChI is InChI=1S/C20H15ClF3N5O2S/c21-18-11(1-2-12-8-28-4-3-25-7-17(28)26-12)5-15(32-18)19(30)27-13-6-14(22)20(31)29(9-13)10-16(23)24/h5-6,8-9,16,25H,3-4,7,10H2,(H,27,30). The minimum absolute atomic E-state index is 0.137. The van der Waals surface area contributed by atoms with Gasteiger partial charge in [-0.15, -0.1) is 11.3 Å². The van der Waals surface area contributed by atoms with Gasteiger partial charge in [-0.1, -0.05) is 17.5 Å². The summed E-state index contributed by atoms with van der Waals surface area (Å²) in [7, 11) is 0. The molecular formula is C20H15ClF3N5O2S. The van der Waals surface area contributed by atoms with Gasteiger partial charge >= 0.3 is 0 Å². The van der Waals surface area contributed by atoms with Gasteiger partial charge in [0.15, 0.2) is 5.82 Å². The van der Waals surface area contributed by atoms with Gasteiger partial charge in [-0.05, 0) is 12.0 Å². The Morgan fingerprint density at radius 1 is 1.34 bits per heavy atom. The van der Waals surface area contributed by atoms with Crippen LogP contribution >= 0.6 is 22.9 Å². The SMILES string of the molecule is O=C(Nc1cc(F)c(=O)n(CC(F)F)c1)c1cc(C#Cc2cn3c(n2)CNCC3)c(Cl)s1. The van der Waals surface area contributed by atoms with Gasteiger partial charge in [0.25, 0.3) is 17.9 Å². The van der Waals surface area contributed by atoms with Crippen LogP contribution in [0.25, 0.3) is 0 Å². The third kappa shape index (κ3) is 4.88. The number of nitrogens with zero attached hydrogens (tertiary/aromatic N) is 3. The highest BCUT2D eigenvalue weighted by molar-refractivity contribution is 7.18. The number of carbonyl (C=O) groups excluding carboxylic acids is 1. The average Bonchev–Trinajstić information content (AvgIpc) is 3.32. The molecule has 12 heteroatoms. The molecule has 4 heterocycles. The second kappa shape index (κ2) is 9.20. The van der Waals surface area contributed by atoms with Crippen LogP contribution in [0.5, 0.6) is 0 Å². The van der Waals surface area contributed by atoms with Crippen molar-refractivity contribution in [1.82, 2.24) is 19.4 Å². The summed E-state index contributed by atoms with van der Waals surface area (Å²) in [5.74, 6) is 4.80. The van der Waals surface area contributed by atoms with E-state index in [-0.39, 0.29) is 14.9 Å². The van der Waals surface area contributed by atoms with E-state index in [4.69, 9.17) is 11.6 Å². The highest BCUT2D eigenvalue weighted by atomic mass is 35.5. The van der Waals surface area contributed by atoms with Crippen LogP contribution in [0.1, 0.15) is 26.8 Å². The second-order valence-corrected chi connectivity index (χ2v) is 8.49. The molecular weight excluding hydrogens is 467 g/mol. The van der Waals surface area contributed by atoms with Crippen LogP contribution in [0.3, 0.4) is 0 Å². The van der Waals surface area contributed by atoms with Crippen molar-refractivity contribution < 1.29 is 18.0 Å². The molecule has 2 N–H and O–H groups in total. The van der Waals surface area contributed by atoms with E-state index in [1.165, 1.54) is 6.07 Å². The summed E-state index contributed by atoms with van der Waals surface area (Å²) in [5.41, 5.74) is -0.340. The van der Waals surface area contributed by atoms with Crippen LogP contribution in [-0.4, -0.2) is 33.0 Å². The first-order valence-corrected chi connectivity index (χ1v) is 10.6. The summed E-state index contributed by atoms with van der Waals surface area (Å²) in [5, 5.41) is 5.60. The van der Waals surface area contributed by atoms with Crippen molar-refractivity contribution >= 4 is 34.5 Å². The third-order valence-electron chi connectivity index (χ3n) is 4.54. The number of thiophene rings is 1. The summed E-state index contributed by atoms with van der Waals surface area (Å²) in [4.78, 5) is 28.8. The molecule has 3 aromatic rings.